The summed E-state index contributed by atoms with van der Waals surface area (Å²) in [7, 11) is 1.76. The lowest BCUT2D eigenvalue weighted by Gasteiger charge is -2.47. The zero-order valence-electron chi connectivity index (χ0n) is 17.3. The van der Waals surface area contributed by atoms with Crippen molar-refractivity contribution in [2.75, 3.05) is 33.2 Å². The highest BCUT2D eigenvalue weighted by atomic mass is 16.2. The number of likely N-dealkylation sites (tertiary alicyclic amines) is 3. The second-order valence-electron chi connectivity index (χ2n) is 8.90. The summed E-state index contributed by atoms with van der Waals surface area (Å²) in [5.41, 5.74) is 1.75. The molecule has 29 heavy (non-hydrogen) atoms. The van der Waals surface area contributed by atoms with E-state index < -0.39 is 0 Å². The number of rotatable bonds is 3. The molecule has 0 unspecified atom stereocenters. The van der Waals surface area contributed by atoms with E-state index in [1.165, 1.54) is 0 Å². The smallest absolute Gasteiger partial charge is 0.227 e. The van der Waals surface area contributed by atoms with Gasteiger partial charge in [-0.3, -0.25) is 24.4 Å². The van der Waals surface area contributed by atoms with Crippen molar-refractivity contribution < 1.29 is 14.4 Å². The zero-order chi connectivity index (χ0) is 20.6. The van der Waals surface area contributed by atoms with Gasteiger partial charge in [-0.05, 0) is 31.6 Å². The van der Waals surface area contributed by atoms with Gasteiger partial charge >= 0.3 is 0 Å². The minimum Gasteiger partial charge on any atom is -0.345 e. The molecule has 0 bridgehead atoms. The van der Waals surface area contributed by atoms with Crippen LogP contribution < -0.4 is 0 Å². The van der Waals surface area contributed by atoms with E-state index in [9.17, 15) is 14.4 Å². The molecule has 156 valence electrons. The number of hydrogen-bond acceptors (Lipinski definition) is 5. The van der Waals surface area contributed by atoms with Gasteiger partial charge in [-0.25, -0.2) is 0 Å². The predicted octanol–water partition coefficient (Wildman–Crippen LogP) is 0.995. The number of hydrogen-bond donors (Lipinski definition) is 0. The number of carbonyl (C=O) groups is 3. The van der Waals surface area contributed by atoms with Crippen LogP contribution in [0.3, 0.4) is 0 Å². The first-order chi connectivity index (χ1) is 13.8. The largest absolute Gasteiger partial charge is 0.345 e. The lowest BCUT2D eigenvalue weighted by molar-refractivity contribution is -0.144. The lowest BCUT2D eigenvalue weighted by Crippen LogP contribution is -2.53. The van der Waals surface area contributed by atoms with Crippen molar-refractivity contribution in [3.05, 3.63) is 23.8 Å². The Morgan fingerprint density at radius 1 is 1.14 bits per heavy atom. The van der Waals surface area contributed by atoms with Crippen molar-refractivity contribution in [1.29, 1.82) is 0 Å². The molecule has 0 aliphatic carbocycles. The first kappa shape index (κ1) is 19.8. The molecular formula is C21H29N5O3. The van der Waals surface area contributed by atoms with E-state index in [4.69, 9.17) is 0 Å². The van der Waals surface area contributed by atoms with Gasteiger partial charge in [0, 0.05) is 52.3 Å². The maximum atomic E-state index is 12.8. The predicted molar refractivity (Wildman–Crippen MR) is 105 cm³/mol. The zero-order valence-corrected chi connectivity index (χ0v) is 17.3. The molecule has 1 atom stereocenters. The molecule has 0 N–H and O–H groups in total. The standard InChI is InChI=1S/C21H29N5O3/c1-15-10-23-17(11-22-15)13-26-14-21(4-3-18(26)27)5-7-25(8-6-21)20(29)16-9-19(28)24(2)12-16/h10-11,16H,3-9,12-14H2,1-2H3/t16-/m0/s1. The molecule has 3 aliphatic heterocycles. The Labute approximate surface area is 171 Å². The molecule has 3 fully saturated rings. The SMILES string of the molecule is Cc1cnc(CN2CC3(CCC2=O)CCN(C(=O)[C@H]2CC(=O)N(C)C2)CC3)cn1. The van der Waals surface area contributed by atoms with Crippen molar-refractivity contribution >= 4 is 17.7 Å². The fraction of sp³-hybridized carbons (Fsp3) is 0.667. The third-order valence-corrected chi connectivity index (χ3v) is 6.76. The highest BCUT2D eigenvalue weighted by Gasteiger charge is 2.43. The summed E-state index contributed by atoms with van der Waals surface area (Å²) in [5.74, 6) is 0.129. The summed E-state index contributed by atoms with van der Waals surface area (Å²) < 4.78 is 0. The summed E-state index contributed by atoms with van der Waals surface area (Å²) in [6, 6.07) is 0. The van der Waals surface area contributed by atoms with Crippen LogP contribution in [0.5, 0.6) is 0 Å². The molecule has 1 aromatic rings. The van der Waals surface area contributed by atoms with Gasteiger partial charge in [0.05, 0.1) is 30.0 Å². The van der Waals surface area contributed by atoms with Gasteiger partial charge in [0.15, 0.2) is 0 Å². The summed E-state index contributed by atoms with van der Waals surface area (Å²) >= 11 is 0. The van der Waals surface area contributed by atoms with Crippen molar-refractivity contribution in [3.8, 4) is 0 Å². The number of piperidine rings is 2. The highest BCUT2D eigenvalue weighted by molar-refractivity contribution is 5.89. The van der Waals surface area contributed by atoms with Crippen molar-refractivity contribution in [1.82, 2.24) is 24.7 Å². The normalized spacial score (nSPS) is 24.5. The van der Waals surface area contributed by atoms with Crippen LogP contribution in [0.2, 0.25) is 0 Å². The van der Waals surface area contributed by atoms with Gasteiger partial charge in [0.1, 0.15) is 0 Å². The number of nitrogens with zero attached hydrogens (tertiary/aromatic N) is 5. The molecule has 3 aliphatic rings. The van der Waals surface area contributed by atoms with Crippen LogP contribution >= 0.6 is 0 Å². The third kappa shape index (κ3) is 4.11. The first-order valence-corrected chi connectivity index (χ1v) is 10.4. The van der Waals surface area contributed by atoms with Crippen LogP contribution in [0.25, 0.3) is 0 Å². The van der Waals surface area contributed by atoms with E-state index in [1.807, 2.05) is 16.7 Å². The van der Waals surface area contributed by atoms with Crippen LogP contribution in [0.15, 0.2) is 12.4 Å². The van der Waals surface area contributed by atoms with Gasteiger partial charge in [-0.2, -0.15) is 0 Å². The van der Waals surface area contributed by atoms with Gasteiger partial charge in [-0.15, -0.1) is 0 Å². The average molecular weight is 399 g/mol. The Morgan fingerprint density at radius 2 is 1.90 bits per heavy atom. The molecule has 8 heteroatoms. The van der Waals surface area contributed by atoms with E-state index >= 15 is 0 Å². The lowest BCUT2D eigenvalue weighted by atomic mass is 9.72. The van der Waals surface area contributed by atoms with Crippen molar-refractivity contribution in [2.45, 2.75) is 45.6 Å². The molecule has 0 saturated carbocycles. The topological polar surface area (TPSA) is 86.7 Å². The molecular weight excluding hydrogens is 370 g/mol. The second-order valence-corrected chi connectivity index (χ2v) is 8.90. The number of aromatic nitrogens is 2. The summed E-state index contributed by atoms with van der Waals surface area (Å²) in [4.78, 5) is 51.2. The Balaban J connectivity index is 1.36. The molecule has 0 aromatic carbocycles. The van der Waals surface area contributed by atoms with Crippen LogP contribution in [0, 0.1) is 18.3 Å². The Kier molecular flexibility index (Phi) is 5.27. The van der Waals surface area contributed by atoms with Crippen LogP contribution in [-0.2, 0) is 20.9 Å². The quantitative estimate of drug-likeness (QED) is 0.757. The van der Waals surface area contributed by atoms with Gasteiger partial charge in [-0.1, -0.05) is 0 Å². The molecule has 1 aromatic heterocycles. The fourth-order valence-corrected chi connectivity index (χ4v) is 4.84. The average Bonchev–Trinajstić information content (AvgIpc) is 3.05. The Bertz CT molecular complexity index is 801. The van der Waals surface area contributed by atoms with Gasteiger partial charge in [0.25, 0.3) is 0 Å². The van der Waals surface area contributed by atoms with E-state index in [-0.39, 0.29) is 29.1 Å². The summed E-state index contributed by atoms with van der Waals surface area (Å²) in [6.45, 7) is 5.05. The highest BCUT2D eigenvalue weighted by Crippen LogP contribution is 2.41. The Hall–Kier alpha value is -2.51. The second kappa shape index (κ2) is 7.72. The maximum absolute atomic E-state index is 12.8. The van der Waals surface area contributed by atoms with E-state index in [1.54, 1.807) is 24.3 Å². The Morgan fingerprint density at radius 3 is 2.52 bits per heavy atom. The molecule has 0 radical (unpaired) electrons. The molecule has 4 rings (SSSR count). The molecule has 4 heterocycles. The molecule has 3 amide bonds. The third-order valence-electron chi connectivity index (χ3n) is 6.76. The van der Waals surface area contributed by atoms with E-state index in [0.29, 0.717) is 45.6 Å². The van der Waals surface area contributed by atoms with Crippen molar-refractivity contribution in [3.63, 3.8) is 0 Å². The number of carbonyl (C=O) groups excluding carboxylic acids is 3. The number of amides is 3. The minimum atomic E-state index is -0.203. The summed E-state index contributed by atoms with van der Waals surface area (Å²) in [6.07, 6.45) is 7.04. The summed E-state index contributed by atoms with van der Waals surface area (Å²) in [5, 5.41) is 0. The monoisotopic (exact) mass is 399 g/mol. The van der Waals surface area contributed by atoms with Gasteiger partial charge < -0.3 is 14.7 Å². The molecule has 8 nitrogen and oxygen atoms in total. The van der Waals surface area contributed by atoms with Crippen LogP contribution in [0.4, 0.5) is 0 Å². The number of aryl methyl sites for hydroxylation is 1. The minimum absolute atomic E-state index is 0.0532. The fourth-order valence-electron chi connectivity index (χ4n) is 4.84. The maximum Gasteiger partial charge on any atom is 0.227 e. The van der Waals surface area contributed by atoms with Gasteiger partial charge in [0.2, 0.25) is 17.7 Å². The van der Waals surface area contributed by atoms with E-state index in [0.717, 1.165) is 30.7 Å². The molecule has 1 spiro atoms. The van der Waals surface area contributed by atoms with E-state index in [2.05, 4.69) is 9.97 Å². The van der Waals surface area contributed by atoms with Crippen LogP contribution in [0.1, 0.15) is 43.5 Å². The van der Waals surface area contributed by atoms with Crippen LogP contribution in [-0.4, -0.2) is 75.6 Å². The van der Waals surface area contributed by atoms with Crippen molar-refractivity contribution in [2.24, 2.45) is 11.3 Å². The molecule has 3 saturated heterocycles. The first-order valence-electron chi connectivity index (χ1n) is 10.4.